The molecule has 0 aliphatic carbocycles. The van der Waals surface area contributed by atoms with Crippen molar-refractivity contribution < 1.29 is 9.53 Å². The van der Waals surface area contributed by atoms with E-state index in [2.05, 4.69) is 16.7 Å². The number of hydrogen-bond acceptors (Lipinski definition) is 2. The van der Waals surface area contributed by atoms with E-state index in [9.17, 15) is 4.79 Å². The molecule has 0 saturated carbocycles. The second-order valence-corrected chi connectivity index (χ2v) is 3.86. The first-order valence-corrected chi connectivity index (χ1v) is 5.48. The number of benzene rings is 1. The summed E-state index contributed by atoms with van der Waals surface area (Å²) in [6, 6.07) is 5.98. The Kier molecular flexibility index (Phi) is 2.99. The lowest BCUT2D eigenvalue weighted by molar-refractivity contribution is 0.247. The predicted octanol–water partition coefficient (Wildman–Crippen LogP) is 1.75. The van der Waals surface area contributed by atoms with E-state index >= 15 is 0 Å². The van der Waals surface area contributed by atoms with E-state index in [1.807, 2.05) is 26.0 Å². The average Bonchev–Trinajstić information content (AvgIpc) is 2.68. The molecule has 1 aromatic carbocycles. The summed E-state index contributed by atoms with van der Waals surface area (Å²) in [6.07, 6.45) is 0. The Morgan fingerprint density at radius 2 is 2.31 bits per heavy atom. The first kappa shape index (κ1) is 10.8. The van der Waals surface area contributed by atoms with Crippen molar-refractivity contribution >= 4 is 6.03 Å². The summed E-state index contributed by atoms with van der Waals surface area (Å²) >= 11 is 0. The molecular formula is C12H16N2O2. The third-order valence-electron chi connectivity index (χ3n) is 2.67. The van der Waals surface area contributed by atoms with Crippen LogP contribution in [0, 0.1) is 6.92 Å². The fourth-order valence-corrected chi connectivity index (χ4v) is 1.86. The van der Waals surface area contributed by atoms with Gasteiger partial charge in [0.15, 0.2) is 0 Å². The van der Waals surface area contributed by atoms with Crippen LogP contribution in [-0.4, -0.2) is 19.2 Å². The number of hydrogen-bond donors (Lipinski definition) is 2. The molecular weight excluding hydrogens is 204 g/mol. The van der Waals surface area contributed by atoms with E-state index in [4.69, 9.17) is 4.74 Å². The van der Waals surface area contributed by atoms with Crippen molar-refractivity contribution in [2.45, 2.75) is 19.9 Å². The van der Waals surface area contributed by atoms with Crippen LogP contribution in [0.1, 0.15) is 24.1 Å². The largest absolute Gasteiger partial charge is 0.494 e. The summed E-state index contributed by atoms with van der Waals surface area (Å²) < 4.78 is 5.47. The van der Waals surface area contributed by atoms with Gasteiger partial charge in [-0.2, -0.15) is 0 Å². The van der Waals surface area contributed by atoms with Crippen LogP contribution < -0.4 is 15.4 Å². The minimum atomic E-state index is -0.100. The standard InChI is InChI=1S/C12H16N2O2/c1-3-16-11-5-4-9(6-8(11)2)10-7-13-12(15)14-10/h4-6,10H,3,7H2,1-2H3,(H2,13,14,15). The Hall–Kier alpha value is -1.71. The van der Waals surface area contributed by atoms with Crippen molar-refractivity contribution in [3.63, 3.8) is 0 Å². The normalized spacial score (nSPS) is 19.1. The van der Waals surface area contributed by atoms with E-state index in [0.29, 0.717) is 13.2 Å². The highest BCUT2D eigenvalue weighted by Crippen LogP contribution is 2.23. The SMILES string of the molecule is CCOc1ccc(C2CNC(=O)N2)cc1C. The van der Waals surface area contributed by atoms with Crippen LogP contribution in [0.3, 0.4) is 0 Å². The van der Waals surface area contributed by atoms with Gasteiger partial charge in [0.2, 0.25) is 0 Å². The number of amides is 2. The highest BCUT2D eigenvalue weighted by molar-refractivity contribution is 5.76. The Bertz CT molecular complexity index is 404. The van der Waals surface area contributed by atoms with Gasteiger partial charge in [-0.15, -0.1) is 0 Å². The monoisotopic (exact) mass is 220 g/mol. The number of ether oxygens (including phenoxy) is 1. The summed E-state index contributed by atoms with van der Waals surface area (Å²) in [4.78, 5) is 11.0. The molecule has 0 bridgehead atoms. The number of aryl methyl sites for hydroxylation is 1. The van der Waals surface area contributed by atoms with Crippen molar-refractivity contribution in [1.82, 2.24) is 10.6 Å². The maximum absolute atomic E-state index is 11.0. The highest BCUT2D eigenvalue weighted by Gasteiger charge is 2.21. The number of carbonyl (C=O) groups is 1. The van der Waals surface area contributed by atoms with E-state index in [1.54, 1.807) is 0 Å². The molecule has 2 N–H and O–H groups in total. The van der Waals surface area contributed by atoms with E-state index in [1.165, 1.54) is 0 Å². The highest BCUT2D eigenvalue weighted by atomic mass is 16.5. The molecule has 1 fully saturated rings. The van der Waals surface area contributed by atoms with Gasteiger partial charge in [-0.1, -0.05) is 12.1 Å². The van der Waals surface area contributed by atoms with Gasteiger partial charge in [-0.25, -0.2) is 4.79 Å². The molecule has 16 heavy (non-hydrogen) atoms. The minimum absolute atomic E-state index is 0.0712. The summed E-state index contributed by atoms with van der Waals surface area (Å²) in [5.74, 6) is 0.906. The van der Waals surface area contributed by atoms with Crippen LogP contribution in [0.15, 0.2) is 18.2 Å². The number of nitrogens with one attached hydrogen (secondary N) is 2. The van der Waals surface area contributed by atoms with E-state index < -0.39 is 0 Å². The lowest BCUT2D eigenvalue weighted by atomic mass is 10.0. The third kappa shape index (κ3) is 2.10. The molecule has 1 atom stereocenters. The Morgan fingerprint density at radius 1 is 1.50 bits per heavy atom. The van der Waals surface area contributed by atoms with Gasteiger partial charge in [-0.3, -0.25) is 0 Å². The zero-order valence-corrected chi connectivity index (χ0v) is 9.54. The van der Waals surface area contributed by atoms with Gasteiger partial charge in [0, 0.05) is 6.54 Å². The summed E-state index contributed by atoms with van der Waals surface area (Å²) in [5, 5.41) is 5.60. The molecule has 1 aromatic rings. The molecule has 4 heteroatoms. The third-order valence-corrected chi connectivity index (χ3v) is 2.67. The van der Waals surface area contributed by atoms with Gasteiger partial charge >= 0.3 is 6.03 Å². The Balaban J connectivity index is 2.17. The quantitative estimate of drug-likeness (QED) is 0.815. The second-order valence-electron chi connectivity index (χ2n) is 3.86. The maximum atomic E-state index is 11.0. The molecule has 1 saturated heterocycles. The zero-order chi connectivity index (χ0) is 11.5. The van der Waals surface area contributed by atoms with Crippen molar-refractivity contribution in [1.29, 1.82) is 0 Å². The molecule has 86 valence electrons. The minimum Gasteiger partial charge on any atom is -0.494 e. The maximum Gasteiger partial charge on any atom is 0.315 e. The lowest BCUT2D eigenvalue weighted by Gasteiger charge is -2.12. The fraction of sp³-hybridized carbons (Fsp3) is 0.417. The smallest absolute Gasteiger partial charge is 0.315 e. The van der Waals surface area contributed by atoms with Crippen molar-refractivity contribution in [3.05, 3.63) is 29.3 Å². The summed E-state index contributed by atoms with van der Waals surface area (Å²) in [5.41, 5.74) is 2.21. The van der Waals surface area contributed by atoms with Gasteiger partial charge in [0.05, 0.1) is 12.6 Å². The summed E-state index contributed by atoms with van der Waals surface area (Å²) in [6.45, 7) is 5.29. The molecule has 4 nitrogen and oxygen atoms in total. The number of carbonyl (C=O) groups excluding carboxylic acids is 1. The van der Waals surface area contributed by atoms with Crippen LogP contribution in [0.4, 0.5) is 4.79 Å². The number of urea groups is 1. The van der Waals surface area contributed by atoms with Crippen molar-refractivity contribution in [2.24, 2.45) is 0 Å². The number of rotatable bonds is 3. The molecule has 1 heterocycles. The van der Waals surface area contributed by atoms with Crippen molar-refractivity contribution in [2.75, 3.05) is 13.2 Å². The Labute approximate surface area is 95.0 Å². The molecule has 1 aliphatic heterocycles. The van der Waals surface area contributed by atoms with Gasteiger partial charge < -0.3 is 15.4 Å². The van der Waals surface area contributed by atoms with E-state index in [-0.39, 0.29) is 12.1 Å². The fourth-order valence-electron chi connectivity index (χ4n) is 1.86. The Morgan fingerprint density at radius 3 is 2.88 bits per heavy atom. The topological polar surface area (TPSA) is 50.4 Å². The van der Waals surface area contributed by atoms with Gasteiger partial charge in [0.25, 0.3) is 0 Å². The molecule has 0 aromatic heterocycles. The first-order chi connectivity index (χ1) is 7.70. The molecule has 1 aliphatic rings. The molecule has 2 amide bonds. The second kappa shape index (κ2) is 4.43. The summed E-state index contributed by atoms with van der Waals surface area (Å²) in [7, 11) is 0. The molecule has 0 spiro atoms. The average molecular weight is 220 g/mol. The van der Waals surface area contributed by atoms with Crippen LogP contribution in [0.25, 0.3) is 0 Å². The molecule has 1 unspecified atom stereocenters. The first-order valence-electron chi connectivity index (χ1n) is 5.48. The van der Waals surface area contributed by atoms with Crippen LogP contribution >= 0.6 is 0 Å². The molecule has 2 rings (SSSR count). The van der Waals surface area contributed by atoms with Crippen LogP contribution in [-0.2, 0) is 0 Å². The van der Waals surface area contributed by atoms with Crippen LogP contribution in [0.5, 0.6) is 5.75 Å². The predicted molar refractivity (Wildman–Crippen MR) is 61.6 cm³/mol. The van der Waals surface area contributed by atoms with Crippen molar-refractivity contribution in [3.8, 4) is 5.75 Å². The van der Waals surface area contributed by atoms with E-state index in [0.717, 1.165) is 16.9 Å². The van der Waals surface area contributed by atoms with Gasteiger partial charge in [-0.05, 0) is 31.0 Å². The zero-order valence-electron chi connectivity index (χ0n) is 9.54. The molecule has 0 radical (unpaired) electrons. The van der Waals surface area contributed by atoms with Crippen LogP contribution in [0.2, 0.25) is 0 Å². The van der Waals surface area contributed by atoms with Gasteiger partial charge in [0.1, 0.15) is 5.75 Å². The lowest BCUT2D eigenvalue weighted by Crippen LogP contribution is -2.21.